The van der Waals surface area contributed by atoms with Crippen molar-refractivity contribution < 1.29 is 93.0 Å². The van der Waals surface area contributed by atoms with Crippen molar-refractivity contribution in [2.24, 2.45) is 0 Å². The number of para-hydroxylation sites is 1. The lowest BCUT2D eigenvalue weighted by Gasteiger charge is -2.29. The molecule has 3 unspecified atom stereocenters. The highest BCUT2D eigenvalue weighted by atomic mass is 32.2. The molecule has 0 bridgehead atoms. The lowest BCUT2D eigenvalue weighted by atomic mass is 9.85. The van der Waals surface area contributed by atoms with E-state index in [4.69, 9.17) is 14.2 Å². The van der Waals surface area contributed by atoms with E-state index < -0.39 is 56.7 Å². The molecule has 3 atom stereocenters. The average molecular weight is 845 g/mol. The van der Waals surface area contributed by atoms with Gasteiger partial charge in [-0.25, -0.2) is 4.79 Å². The van der Waals surface area contributed by atoms with Crippen LogP contribution in [0.15, 0.2) is 70.5 Å². The van der Waals surface area contributed by atoms with E-state index in [-0.39, 0.29) is 23.1 Å². The molecule has 0 amide bonds. The molecule has 2 heterocycles. The molecule has 55 heavy (non-hydrogen) atoms. The summed E-state index contributed by atoms with van der Waals surface area (Å²) < 4.78 is 173. The molecule has 29 heteroatoms. The SMILES string of the molecule is CCOC(=O)C1=C([S+](C)C(C)c2ccccc2)NC(C)=C([N+](=O)[O-])C1c1cccc2c1OCCO2.F[B-](F)(F)F.F[B-](F)(F)F.F[B-](F)(F)F.F[B-](F)(F)F. The number of carbonyl (C=O) groups excluding carboxylic acids is 1. The van der Waals surface area contributed by atoms with Gasteiger partial charge in [-0.15, -0.1) is 0 Å². The fourth-order valence-electron chi connectivity index (χ4n) is 4.43. The zero-order valence-electron chi connectivity index (χ0n) is 28.6. The third-order valence-corrected chi connectivity index (χ3v) is 8.51. The number of carbonyl (C=O) groups is 1. The van der Waals surface area contributed by atoms with Gasteiger partial charge in [0.1, 0.15) is 36.2 Å². The number of nitrogens with one attached hydrogen (secondary N) is 1. The summed E-state index contributed by atoms with van der Waals surface area (Å²) in [6.45, 7) is 6.34. The van der Waals surface area contributed by atoms with Crippen molar-refractivity contribution in [1.82, 2.24) is 5.32 Å². The van der Waals surface area contributed by atoms with Crippen molar-refractivity contribution >= 4 is 45.9 Å². The maximum atomic E-state index is 13.5. The Kier molecular flexibility index (Phi) is 20.0. The molecule has 2 aromatic carbocycles. The van der Waals surface area contributed by atoms with E-state index in [0.29, 0.717) is 41.0 Å². The Hall–Kier alpha value is -4.32. The molecule has 0 aromatic heterocycles. The summed E-state index contributed by atoms with van der Waals surface area (Å²) in [5.74, 6) is -0.632. The first-order chi connectivity index (χ1) is 24.8. The summed E-state index contributed by atoms with van der Waals surface area (Å²) >= 11 is 0. The van der Waals surface area contributed by atoms with Crippen LogP contribution in [0.4, 0.5) is 69.1 Å². The van der Waals surface area contributed by atoms with Gasteiger partial charge < -0.3 is 88.6 Å². The largest absolute Gasteiger partial charge is 0.673 e. The Balaban J connectivity index is 0.00000120. The Bertz CT molecular complexity index is 1540. The van der Waals surface area contributed by atoms with Crippen molar-refractivity contribution in [3.63, 3.8) is 0 Å². The minimum absolute atomic E-state index is 0.0537. The van der Waals surface area contributed by atoms with Crippen LogP contribution >= 0.6 is 0 Å². The van der Waals surface area contributed by atoms with Crippen molar-refractivity contribution in [3.8, 4) is 11.5 Å². The van der Waals surface area contributed by atoms with Crippen LogP contribution in [0.2, 0.25) is 0 Å². The van der Waals surface area contributed by atoms with Crippen LogP contribution < -0.4 is 14.8 Å². The predicted molar refractivity (Wildman–Crippen MR) is 176 cm³/mol. The smallest absolute Gasteiger partial charge is 0.486 e. The molecule has 1 N–H and O–H groups in total. The van der Waals surface area contributed by atoms with E-state index in [1.54, 1.807) is 32.0 Å². The van der Waals surface area contributed by atoms with Crippen molar-refractivity contribution in [2.45, 2.75) is 31.9 Å². The number of nitrogens with zero attached hydrogens (tertiary/aromatic N) is 1. The highest BCUT2D eigenvalue weighted by Crippen LogP contribution is 2.48. The van der Waals surface area contributed by atoms with E-state index in [2.05, 4.69) is 12.2 Å². The number of ether oxygens (including phenoxy) is 3. The van der Waals surface area contributed by atoms with Gasteiger partial charge in [0.2, 0.25) is 5.03 Å². The van der Waals surface area contributed by atoms with Gasteiger partial charge in [-0.05, 0) is 26.8 Å². The molecule has 0 aliphatic carbocycles. The maximum Gasteiger partial charge on any atom is 0.673 e. The van der Waals surface area contributed by atoms with Crippen molar-refractivity contribution in [1.29, 1.82) is 0 Å². The number of allylic oxidation sites excluding steroid dienone is 2. The number of nitro groups is 1. The van der Waals surface area contributed by atoms with Gasteiger partial charge >= 0.3 is 35.0 Å². The minimum Gasteiger partial charge on any atom is -0.486 e. The van der Waals surface area contributed by atoms with Crippen molar-refractivity contribution in [2.75, 3.05) is 26.1 Å². The first kappa shape index (κ1) is 50.7. The van der Waals surface area contributed by atoms with Gasteiger partial charge in [0, 0.05) is 22.0 Å². The molecule has 2 aliphatic heterocycles. The molecule has 0 spiro atoms. The lowest BCUT2D eigenvalue weighted by Crippen LogP contribution is -2.36. The summed E-state index contributed by atoms with van der Waals surface area (Å²) in [7, 11) is -24.5. The number of hydrogen-bond acceptors (Lipinski definition) is 7. The molecule has 0 fully saturated rings. The molecule has 312 valence electrons. The first-order valence-electron chi connectivity index (χ1n) is 15.0. The van der Waals surface area contributed by atoms with Crippen LogP contribution in [0.25, 0.3) is 0 Å². The molecular formula is C26H29B4F16N2O6S-3. The number of esters is 1. The van der Waals surface area contributed by atoms with Crippen LogP contribution in [-0.2, 0) is 20.4 Å². The Labute approximate surface area is 305 Å². The second-order valence-electron chi connectivity index (χ2n) is 10.3. The van der Waals surface area contributed by atoms with Crippen molar-refractivity contribution in [3.05, 3.63) is 91.8 Å². The van der Waals surface area contributed by atoms with E-state index in [1.165, 1.54) is 0 Å². The normalized spacial score (nSPS) is 16.5. The van der Waals surface area contributed by atoms with E-state index in [9.17, 15) is 84.0 Å². The van der Waals surface area contributed by atoms with Gasteiger partial charge in [0.25, 0.3) is 5.70 Å². The standard InChI is InChI=1S/C26H28N2O6S.4BF4/c1-5-32-26(29)22-21(19-12-9-13-20-24(19)34-15-14-33-20)23(28(30)31)16(2)27-25(22)35(4)17(3)18-10-7-6-8-11-18;4*2-1(3,4)5/h6-13,17,21H,5,14-15H2,1-4H3;;;;/q;4*-1/p+1. The Morgan fingerprint density at radius 3 is 1.73 bits per heavy atom. The molecule has 8 nitrogen and oxygen atoms in total. The number of rotatable bonds is 7. The second-order valence-corrected chi connectivity index (χ2v) is 12.5. The average Bonchev–Trinajstić information content (AvgIpc) is 3.00. The fraction of sp³-hybridized carbons (Fsp3) is 0.346. The van der Waals surface area contributed by atoms with E-state index >= 15 is 0 Å². The highest BCUT2D eigenvalue weighted by Gasteiger charge is 2.49. The number of fused-ring (bicyclic) bond motifs is 1. The molecule has 0 saturated carbocycles. The molecule has 2 aromatic rings. The molecule has 0 radical (unpaired) electrons. The first-order valence-corrected chi connectivity index (χ1v) is 16.7. The van der Waals surface area contributed by atoms with Crippen LogP contribution in [0.3, 0.4) is 0 Å². The third kappa shape index (κ3) is 22.0. The topological polar surface area (TPSA) is 99.9 Å². The van der Waals surface area contributed by atoms with Crippen LogP contribution in [0, 0.1) is 10.1 Å². The summed E-state index contributed by atoms with van der Waals surface area (Å²) in [5, 5.41) is 16.3. The van der Waals surface area contributed by atoms with Crippen LogP contribution in [-0.4, -0.2) is 66.0 Å². The minimum atomic E-state index is -6.00. The van der Waals surface area contributed by atoms with E-state index in [0.717, 1.165) is 5.56 Å². The van der Waals surface area contributed by atoms with Gasteiger partial charge in [-0.3, -0.25) is 10.1 Å². The van der Waals surface area contributed by atoms with Crippen LogP contribution in [0.5, 0.6) is 11.5 Å². The molecule has 0 saturated heterocycles. The quantitative estimate of drug-likeness (QED) is 0.0741. The fourth-order valence-corrected chi connectivity index (χ4v) is 6.21. The zero-order valence-corrected chi connectivity index (χ0v) is 29.4. The summed E-state index contributed by atoms with van der Waals surface area (Å²) in [4.78, 5) is 25.4. The molecule has 2 aliphatic rings. The van der Waals surface area contributed by atoms with Gasteiger partial charge in [0.05, 0.1) is 17.2 Å². The van der Waals surface area contributed by atoms with Gasteiger partial charge in [0.15, 0.2) is 11.5 Å². The second kappa shape index (κ2) is 21.7. The maximum absolute atomic E-state index is 13.5. The predicted octanol–water partition coefficient (Wildman–Crippen LogP) is 9.64. The third-order valence-electron chi connectivity index (χ3n) is 6.21. The van der Waals surface area contributed by atoms with Gasteiger partial charge in [-0.2, -0.15) is 0 Å². The number of halogens is 16. The summed E-state index contributed by atoms with van der Waals surface area (Å²) in [5.41, 5.74) is 2.14. The van der Waals surface area contributed by atoms with Gasteiger partial charge in [-0.1, -0.05) is 42.5 Å². The molecule has 4 rings (SSSR count). The summed E-state index contributed by atoms with van der Waals surface area (Å²) in [6, 6.07) is 15.3. The highest BCUT2D eigenvalue weighted by molar-refractivity contribution is 8.00. The Morgan fingerprint density at radius 2 is 1.29 bits per heavy atom. The zero-order chi connectivity index (χ0) is 43.1. The number of dihydropyridines is 1. The van der Waals surface area contributed by atoms with E-state index in [1.807, 2.05) is 36.6 Å². The number of benzene rings is 2. The molecular weight excluding hydrogens is 816 g/mol. The van der Waals surface area contributed by atoms with Crippen LogP contribution in [0.1, 0.15) is 43.1 Å². The number of hydrogen-bond donors (Lipinski definition) is 1. The Morgan fingerprint density at radius 1 is 0.836 bits per heavy atom. The monoisotopic (exact) mass is 845 g/mol. The lowest BCUT2D eigenvalue weighted by molar-refractivity contribution is -0.431. The summed E-state index contributed by atoms with van der Waals surface area (Å²) in [6.07, 6.45) is 2.04.